The number of nitrogens with two attached hydrogens (primary N) is 1. The fraction of sp³-hybridized carbons (Fsp3) is 0.182. The number of thiophene rings is 1. The predicted octanol–water partition coefficient (Wildman–Crippen LogP) is 4.43. The van der Waals surface area contributed by atoms with Gasteiger partial charge in [-0.2, -0.15) is 0 Å². The van der Waals surface area contributed by atoms with E-state index < -0.39 is 21.8 Å². The van der Waals surface area contributed by atoms with Gasteiger partial charge in [0.25, 0.3) is 21.8 Å². The number of anilines is 2. The minimum atomic E-state index is -3.94. The summed E-state index contributed by atoms with van der Waals surface area (Å²) in [6.07, 6.45) is 3.58. The lowest BCUT2D eigenvalue weighted by Crippen LogP contribution is -2.20. The number of fused-ring (bicyclic) bond motifs is 1. The Labute approximate surface area is 194 Å². The Morgan fingerprint density at radius 3 is 2.41 bits per heavy atom. The molecule has 32 heavy (non-hydrogen) atoms. The summed E-state index contributed by atoms with van der Waals surface area (Å²) in [4.78, 5) is 26.2. The van der Waals surface area contributed by atoms with E-state index in [1.54, 1.807) is 12.1 Å². The van der Waals surface area contributed by atoms with E-state index in [0.717, 1.165) is 36.1 Å². The van der Waals surface area contributed by atoms with Crippen LogP contribution >= 0.6 is 22.9 Å². The van der Waals surface area contributed by atoms with Gasteiger partial charge in [0.15, 0.2) is 0 Å². The zero-order valence-electron chi connectivity index (χ0n) is 16.9. The third kappa shape index (κ3) is 4.50. The van der Waals surface area contributed by atoms with Crippen molar-refractivity contribution in [2.75, 3.05) is 10.0 Å². The van der Waals surface area contributed by atoms with Crippen LogP contribution in [0.5, 0.6) is 0 Å². The van der Waals surface area contributed by atoms with E-state index >= 15 is 0 Å². The number of primary amides is 1. The van der Waals surface area contributed by atoms with E-state index in [-0.39, 0.29) is 16.1 Å². The summed E-state index contributed by atoms with van der Waals surface area (Å²) in [6.45, 7) is 0. The van der Waals surface area contributed by atoms with Crippen LogP contribution in [0.25, 0.3) is 0 Å². The molecular formula is C22H20ClN3O4S2. The summed E-state index contributed by atoms with van der Waals surface area (Å²) in [6, 6.07) is 11.9. The van der Waals surface area contributed by atoms with E-state index in [4.69, 9.17) is 17.3 Å². The highest BCUT2D eigenvalue weighted by atomic mass is 35.5. The Morgan fingerprint density at radius 1 is 1.00 bits per heavy atom. The number of nitrogens with one attached hydrogen (secondary N) is 2. The molecule has 0 fully saturated rings. The largest absolute Gasteiger partial charge is 0.365 e. The van der Waals surface area contributed by atoms with Crippen LogP contribution in [0.3, 0.4) is 0 Å². The third-order valence-corrected chi connectivity index (χ3v) is 8.03. The van der Waals surface area contributed by atoms with Crippen molar-refractivity contribution in [3.8, 4) is 0 Å². The molecule has 1 aromatic heterocycles. The van der Waals surface area contributed by atoms with Gasteiger partial charge in [-0.3, -0.25) is 14.3 Å². The molecule has 0 saturated heterocycles. The van der Waals surface area contributed by atoms with Gasteiger partial charge in [0.1, 0.15) is 5.00 Å². The van der Waals surface area contributed by atoms with Crippen molar-refractivity contribution >= 4 is 55.5 Å². The number of sulfonamides is 1. The second-order valence-corrected chi connectivity index (χ2v) is 10.6. The number of carbonyl (C=O) groups is 2. The van der Waals surface area contributed by atoms with Crippen molar-refractivity contribution in [1.29, 1.82) is 0 Å². The van der Waals surface area contributed by atoms with Crippen molar-refractivity contribution in [3.05, 3.63) is 75.1 Å². The molecule has 4 rings (SSSR count). The number of para-hydroxylation sites is 1. The van der Waals surface area contributed by atoms with Crippen LogP contribution < -0.4 is 15.8 Å². The van der Waals surface area contributed by atoms with E-state index in [1.807, 2.05) is 0 Å². The molecule has 0 spiro atoms. The highest BCUT2D eigenvalue weighted by Crippen LogP contribution is 2.38. The van der Waals surface area contributed by atoms with Gasteiger partial charge in [-0.25, -0.2) is 8.42 Å². The summed E-state index contributed by atoms with van der Waals surface area (Å²) in [7, 11) is -3.94. The first kappa shape index (κ1) is 22.3. The monoisotopic (exact) mass is 489 g/mol. The minimum absolute atomic E-state index is 0.0130. The molecule has 0 atom stereocenters. The SMILES string of the molecule is NC(=O)c1c(NC(=O)c2ccccc2NS(=O)(=O)c2ccc(Cl)cc2)sc2c1CCCC2. The zero-order chi connectivity index (χ0) is 22.9. The lowest BCUT2D eigenvalue weighted by atomic mass is 9.95. The number of rotatable bonds is 6. The maximum Gasteiger partial charge on any atom is 0.261 e. The standard InChI is InChI=1S/C22H20ClN3O4S2/c23-13-9-11-14(12-10-13)32(29,30)26-17-7-3-1-5-15(17)21(28)25-22-19(20(24)27)16-6-2-4-8-18(16)31-22/h1,3,5,7,9-12,26H,2,4,6,8H2,(H2,24,27)(H,25,28). The Morgan fingerprint density at radius 2 is 1.69 bits per heavy atom. The predicted molar refractivity (Wildman–Crippen MR) is 126 cm³/mol. The molecule has 2 amide bonds. The first-order chi connectivity index (χ1) is 15.3. The lowest BCUT2D eigenvalue weighted by molar-refractivity contribution is 0.100. The van der Waals surface area contributed by atoms with Gasteiger partial charge in [0.05, 0.1) is 21.7 Å². The first-order valence-electron chi connectivity index (χ1n) is 9.89. The number of hydrogen-bond donors (Lipinski definition) is 3. The molecule has 1 heterocycles. The first-order valence-corrected chi connectivity index (χ1v) is 12.6. The maximum atomic E-state index is 13.1. The minimum Gasteiger partial charge on any atom is -0.365 e. The highest BCUT2D eigenvalue weighted by Gasteiger charge is 2.26. The fourth-order valence-corrected chi connectivity index (χ4v) is 6.17. The van der Waals surface area contributed by atoms with Crippen LogP contribution in [0.1, 0.15) is 44.0 Å². The smallest absolute Gasteiger partial charge is 0.261 e. The van der Waals surface area contributed by atoms with Gasteiger partial charge in [0.2, 0.25) is 0 Å². The van der Waals surface area contributed by atoms with Crippen molar-refractivity contribution in [2.24, 2.45) is 5.73 Å². The average Bonchev–Trinajstić information content (AvgIpc) is 3.12. The van der Waals surface area contributed by atoms with Crippen LogP contribution in [0.4, 0.5) is 10.7 Å². The summed E-state index contributed by atoms with van der Waals surface area (Å²) in [5.74, 6) is -1.13. The van der Waals surface area contributed by atoms with Crippen LogP contribution in [0.15, 0.2) is 53.4 Å². The molecule has 7 nitrogen and oxygen atoms in total. The van der Waals surface area contributed by atoms with Crippen LogP contribution in [0.2, 0.25) is 5.02 Å². The molecule has 1 aliphatic rings. The zero-order valence-corrected chi connectivity index (χ0v) is 19.2. The second-order valence-electron chi connectivity index (χ2n) is 7.34. The van der Waals surface area contributed by atoms with Crippen LogP contribution in [0, 0.1) is 0 Å². The molecule has 4 N–H and O–H groups in total. The number of benzene rings is 2. The van der Waals surface area contributed by atoms with Crippen LogP contribution in [-0.4, -0.2) is 20.2 Å². The van der Waals surface area contributed by atoms with E-state index in [2.05, 4.69) is 10.0 Å². The number of halogens is 1. The fourth-order valence-electron chi connectivity index (χ4n) is 3.67. The molecule has 0 saturated carbocycles. The lowest BCUT2D eigenvalue weighted by Gasteiger charge is -2.13. The molecule has 1 aliphatic carbocycles. The quantitative estimate of drug-likeness (QED) is 0.474. The van der Waals surface area contributed by atoms with Crippen molar-refractivity contribution < 1.29 is 18.0 Å². The molecule has 10 heteroatoms. The molecule has 0 bridgehead atoms. The summed E-state index contributed by atoms with van der Waals surface area (Å²) in [5, 5.41) is 3.57. The molecular weight excluding hydrogens is 470 g/mol. The van der Waals surface area contributed by atoms with Crippen molar-refractivity contribution in [2.45, 2.75) is 30.6 Å². The van der Waals surface area contributed by atoms with E-state index in [0.29, 0.717) is 15.6 Å². The van der Waals surface area contributed by atoms with Gasteiger partial charge in [-0.05, 0) is 67.6 Å². The van der Waals surface area contributed by atoms with Gasteiger partial charge in [-0.1, -0.05) is 23.7 Å². The molecule has 0 unspecified atom stereocenters. The topological polar surface area (TPSA) is 118 Å². The Hall–Kier alpha value is -2.88. The molecule has 0 radical (unpaired) electrons. The highest BCUT2D eigenvalue weighted by molar-refractivity contribution is 7.92. The average molecular weight is 490 g/mol. The number of amides is 2. The number of hydrogen-bond acceptors (Lipinski definition) is 5. The van der Waals surface area contributed by atoms with Gasteiger partial charge in [0, 0.05) is 9.90 Å². The molecule has 3 aromatic rings. The van der Waals surface area contributed by atoms with E-state index in [1.165, 1.54) is 47.7 Å². The Bertz CT molecular complexity index is 1300. The van der Waals surface area contributed by atoms with E-state index in [9.17, 15) is 18.0 Å². The van der Waals surface area contributed by atoms with Gasteiger partial charge < -0.3 is 11.1 Å². The summed E-state index contributed by atoms with van der Waals surface area (Å²) < 4.78 is 28.0. The summed E-state index contributed by atoms with van der Waals surface area (Å²) in [5.41, 5.74) is 7.08. The van der Waals surface area contributed by atoms with Gasteiger partial charge >= 0.3 is 0 Å². The Balaban J connectivity index is 1.63. The maximum absolute atomic E-state index is 13.1. The van der Waals surface area contributed by atoms with Crippen LogP contribution in [-0.2, 0) is 22.9 Å². The second kappa shape index (κ2) is 8.93. The molecule has 0 aliphatic heterocycles. The number of carbonyl (C=O) groups excluding carboxylic acids is 2. The van der Waals surface area contributed by atoms with Crippen molar-refractivity contribution in [1.82, 2.24) is 0 Å². The third-order valence-electron chi connectivity index (χ3n) is 5.18. The number of aryl methyl sites for hydroxylation is 1. The summed E-state index contributed by atoms with van der Waals surface area (Å²) >= 11 is 7.18. The normalized spacial score (nSPS) is 13.3. The molecule has 2 aromatic carbocycles. The van der Waals surface area contributed by atoms with Crippen molar-refractivity contribution in [3.63, 3.8) is 0 Å². The Kier molecular flexibility index (Phi) is 6.23. The molecule has 166 valence electrons. The van der Waals surface area contributed by atoms with Gasteiger partial charge in [-0.15, -0.1) is 11.3 Å².